The molecule has 8 nitrogen and oxygen atoms in total. The van der Waals surface area contributed by atoms with Crippen LogP contribution in [0.2, 0.25) is 5.02 Å². The molecule has 2 amide bonds. The fourth-order valence-electron chi connectivity index (χ4n) is 3.59. The minimum atomic E-state index is -3.64. The van der Waals surface area contributed by atoms with Crippen LogP contribution in [0.3, 0.4) is 0 Å². The van der Waals surface area contributed by atoms with E-state index in [-0.39, 0.29) is 29.6 Å². The van der Waals surface area contributed by atoms with Crippen LogP contribution in [0.25, 0.3) is 10.9 Å². The Morgan fingerprint density at radius 3 is 2.34 bits per heavy atom. The van der Waals surface area contributed by atoms with Gasteiger partial charge in [-0.15, -0.1) is 0 Å². The van der Waals surface area contributed by atoms with E-state index in [0.717, 1.165) is 5.39 Å². The second kappa shape index (κ2) is 9.23. The van der Waals surface area contributed by atoms with Crippen LogP contribution in [0.5, 0.6) is 0 Å². The van der Waals surface area contributed by atoms with E-state index in [1.807, 2.05) is 18.2 Å². The van der Waals surface area contributed by atoms with Gasteiger partial charge in [-0.2, -0.15) is 4.31 Å². The number of aromatic nitrogens is 1. The number of amides is 2. The average Bonchev–Trinajstić information content (AvgIpc) is 2.82. The molecule has 2 N–H and O–H groups in total. The zero-order chi connectivity index (χ0) is 22.7. The van der Waals surface area contributed by atoms with Crippen molar-refractivity contribution in [3.05, 3.63) is 71.4 Å². The molecule has 0 radical (unpaired) electrons. The van der Waals surface area contributed by atoms with Crippen molar-refractivity contribution in [1.82, 2.24) is 20.1 Å². The molecule has 32 heavy (non-hydrogen) atoms. The molecule has 0 bridgehead atoms. The molecule has 166 valence electrons. The number of para-hydroxylation sites is 1. The van der Waals surface area contributed by atoms with Gasteiger partial charge in [0.25, 0.3) is 5.91 Å². The molecule has 1 fully saturated rings. The third-order valence-electron chi connectivity index (χ3n) is 5.41. The van der Waals surface area contributed by atoms with Gasteiger partial charge in [0.2, 0.25) is 15.9 Å². The Morgan fingerprint density at radius 1 is 0.938 bits per heavy atom. The molecular weight excluding hydrogens is 452 g/mol. The maximum Gasteiger partial charge on any atom is 0.288 e. The van der Waals surface area contributed by atoms with Gasteiger partial charge in [0.1, 0.15) is 5.69 Å². The number of rotatable bonds is 4. The minimum absolute atomic E-state index is 0.167. The van der Waals surface area contributed by atoms with E-state index in [0.29, 0.717) is 23.4 Å². The highest BCUT2D eigenvalue weighted by Gasteiger charge is 2.32. The Morgan fingerprint density at radius 2 is 1.62 bits per heavy atom. The first-order valence-corrected chi connectivity index (χ1v) is 11.9. The molecule has 1 saturated heterocycles. The normalized spacial score (nSPS) is 15.4. The number of carbonyl (C=O) groups excluding carboxylic acids is 2. The molecule has 1 aliphatic heterocycles. The van der Waals surface area contributed by atoms with Gasteiger partial charge in [-0.3, -0.25) is 20.4 Å². The van der Waals surface area contributed by atoms with E-state index < -0.39 is 21.8 Å². The summed E-state index contributed by atoms with van der Waals surface area (Å²) in [4.78, 5) is 29.3. The molecule has 4 rings (SSSR count). The first-order chi connectivity index (χ1) is 15.3. The zero-order valence-corrected chi connectivity index (χ0v) is 18.6. The smallest absolute Gasteiger partial charge is 0.273 e. The van der Waals surface area contributed by atoms with Gasteiger partial charge >= 0.3 is 0 Å². The number of sulfonamides is 1. The third kappa shape index (κ3) is 4.74. The highest BCUT2D eigenvalue weighted by molar-refractivity contribution is 7.89. The number of piperidine rings is 1. The maximum absolute atomic E-state index is 12.8. The van der Waals surface area contributed by atoms with Crippen LogP contribution in [0.4, 0.5) is 0 Å². The fraction of sp³-hybridized carbons (Fsp3) is 0.227. The Bertz CT molecular complexity index is 1260. The SMILES string of the molecule is O=C(NNC(=O)C1CCN(S(=O)(=O)c2ccc(Cl)cc2)CC1)c1ccc2ccccc2n1. The largest absolute Gasteiger partial charge is 0.288 e. The highest BCUT2D eigenvalue weighted by Crippen LogP contribution is 2.24. The summed E-state index contributed by atoms with van der Waals surface area (Å²) in [5.74, 6) is -1.29. The highest BCUT2D eigenvalue weighted by atomic mass is 35.5. The van der Waals surface area contributed by atoms with Crippen LogP contribution in [0.15, 0.2) is 65.6 Å². The van der Waals surface area contributed by atoms with E-state index in [4.69, 9.17) is 11.6 Å². The van der Waals surface area contributed by atoms with E-state index in [1.54, 1.807) is 18.2 Å². The number of benzene rings is 2. The van der Waals surface area contributed by atoms with E-state index in [9.17, 15) is 18.0 Å². The van der Waals surface area contributed by atoms with Crippen molar-refractivity contribution in [2.75, 3.05) is 13.1 Å². The molecule has 1 aliphatic rings. The summed E-state index contributed by atoms with van der Waals surface area (Å²) in [6, 6.07) is 16.8. The van der Waals surface area contributed by atoms with Crippen molar-refractivity contribution in [1.29, 1.82) is 0 Å². The number of carbonyl (C=O) groups is 2. The molecule has 0 aliphatic carbocycles. The monoisotopic (exact) mass is 472 g/mol. The molecule has 0 atom stereocenters. The number of nitrogens with one attached hydrogen (secondary N) is 2. The van der Waals surface area contributed by atoms with E-state index in [2.05, 4.69) is 15.8 Å². The number of nitrogens with zero attached hydrogens (tertiary/aromatic N) is 2. The summed E-state index contributed by atoms with van der Waals surface area (Å²) in [5.41, 5.74) is 5.69. The predicted molar refractivity (Wildman–Crippen MR) is 120 cm³/mol. The number of fused-ring (bicyclic) bond motifs is 1. The van der Waals surface area contributed by atoms with Crippen molar-refractivity contribution in [3.8, 4) is 0 Å². The van der Waals surface area contributed by atoms with Gasteiger partial charge in [0.05, 0.1) is 10.4 Å². The minimum Gasteiger partial charge on any atom is -0.273 e. The van der Waals surface area contributed by atoms with E-state index in [1.165, 1.54) is 28.6 Å². The summed E-state index contributed by atoms with van der Waals surface area (Å²) in [6.07, 6.45) is 0.700. The summed E-state index contributed by atoms with van der Waals surface area (Å²) < 4.78 is 26.9. The fourth-order valence-corrected chi connectivity index (χ4v) is 5.19. The van der Waals surface area contributed by atoms with Gasteiger partial charge in [0, 0.05) is 29.4 Å². The molecule has 10 heteroatoms. The summed E-state index contributed by atoms with van der Waals surface area (Å²) in [7, 11) is -3.64. The summed E-state index contributed by atoms with van der Waals surface area (Å²) in [5, 5.41) is 1.37. The topological polar surface area (TPSA) is 108 Å². The molecule has 2 heterocycles. The second-order valence-corrected chi connectivity index (χ2v) is 9.84. The van der Waals surface area contributed by atoms with Crippen LogP contribution < -0.4 is 10.9 Å². The molecule has 0 unspecified atom stereocenters. The van der Waals surface area contributed by atoms with Gasteiger partial charge in [-0.1, -0.05) is 35.9 Å². The lowest BCUT2D eigenvalue weighted by Gasteiger charge is -2.30. The number of pyridine rings is 1. The first-order valence-electron chi connectivity index (χ1n) is 10.1. The van der Waals surface area contributed by atoms with Crippen molar-refractivity contribution in [2.24, 2.45) is 5.92 Å². The molecule has 0 saturated carbocycles. The molecule has 1 aromatic heterocycles. The van der Waals surface area contributed by atoms with Gasteiger partial charge in [0.15, 0.2) is 0 Å². The van der Waals surface area contributed by atoms with Crippen molar-refractivity contribution in [3.63, 3.8) is 0 Å². The van der Waals surface area contributed by atoms with Gasteiger partial charge in [-0.25, -0.2) is 13.4 Å². The van der Waals surface area contributed by atoms with Crippen LogP contribution in [-0.2, 0) is 14.8 Å². The summed E-state index contributed by atoms with van der Waals surface area (Å²) >= 11 is 5.83. The van der Waals surface area contributed by atoms with Crippen molar-refractivity contribution < 1.29 is 18.0 Å². The van der Waals surface area contributed by atoms with Crippen molar-refractivity contribution >= 4 is 44.3 Å². The van der Waals surface area contributed by atoms with Gasteiger partial charge in [-0.05, 0) is 49.2 Å². The lowest BCUT2D eigenvalue weighted by atomic mass is 9.98. The van der Waals surface area contributed by atoms with Gasteiger partial charge < -0.3 is 0 Å². The molecule has 0 spiro atoms. The molecular formula is C22H21ClN4O4S. The van der Waals surface area contributed by atoms with E-state index >= 15 is 0 Å². The standard InChI is InChI=1S/C22H21ClN4O4S/c23-17-6-8-18(9-7-17)32(30,31)27-13-11-16(12-14-27)21(28)25-26-22(29)20-10-5-15-3-1-2-4-19(15)24-20/h1-10,16H,11-14H2,(H,25,28)(H,26,29). The second-order valence-electron chi connectivity index (χ2n) is 7.46. The first kappa shape index (κ1) is 22.2. The lowest BCUT2D eigenvalue weighted by molar-refractivity contribution is -0.126. The Labute approximate surface area is 190 Å². The van der Waals surface area contributed by atoms with Crippen LogP contribution in [0.1, 0.15) is 23.3 Å². The van der Waals surface area contributed by atoms with Crippen molar-refractivity contribution in [2.45, 2.75) is 17.7 Å². The van der Waals surface area contributed by atoms with Crippen LogP contribution in [-0.4, -0.2) is 42.6 Å². The average molecular weight is 473 g/mol. The van der Waals surface area contributed by atoms with Crippen LogP contribution >= 0.6 is 11.6 Å². The zero-order valence-electron chi connectivity index (χ0n) is 17.0. The van der Waals surface area contributed by atoms with Crippen LogP contribution in [0, 0.1) is 5.92 Å². The summed E-state index contributed by atoms with van der Waals surface area (Å²) in [6.45, 7) is 0.423. The Hall–Kier alpha value is -3.01. The molecule has 3 aromatic rings. The Balaban J connectivity index is 1.31. The maximum atomic E-state index is 12.8. The number of hydrogen-bond acceptors (Lipinski definition) is 5. The lowest BCUT2D eigenvalue weighted by Crippen LogP contribution is -2.48. The number of halogens is 1. The number of hydrazine groups is 1. The quantitative estimate of drug-likeness (QED) is 0.567. The predicted octanol–water partition coefficient (Wildman–Crippen LogP) is 2.75. The Kier molecular flexibility index (Phi) is 6.40. The molecule has 2 aromatic carbocycles. The number of hydrogen-bond donors (Lipinski definition) is 2. The third-order valence-corrected chi connectivity index (χ3v) is 7.57.